The molecule has 0 spiro atoms. The Hall–Kier alpha value is -3.54. The summed E-state index contributed by atoms with van der Waals surface area (Å²) in [7, 11) is 3.52. The molecule has 220 valence electrons. The lowest BCUT2D eigenvalue weighted by molar-refractivity contribution is -0.115. The van der Waals surface area contributed by atoms with Gasteiger partial charge in [-0.25, -0.2) is 0 Å². The van der Waals surface area contributed by atoms with Crippen LogP contribution in [0.3, 0.4) is 0 Å². The number of benzene rings is 1. The number of rotatable bonds is 13. The molecule has 0 aliphatic carbocycles. The molecule has 1 aliphatic rings. The van der Waals surface area contributed by atoms with Crippen molar-refractivity contribution in [3.63, 3.8) is 0 Å². The van der Waals surface area contributed by atoms with Crippen LogP contribution in [-0.4, -0.2) is 76.9 Å². The van der Waals surface area contributed by atoms with Crippen LogP contribution in [0.1, 0.15) is 44.9 Å². The number of morpholine rings is 1. The molecule has 10 nitrogen and oxygen atoms in total. The number of thioether (sulfide) groups is 1. The zero-order chi connectivity index (χ0) is 29.2. The third kappa shape index (κ3) is 9.24. The van der Waals surface area contributed by atoms with Gasteiger partial charge in [-0.05, 0) is 37.6 Å². The first-order valence-corrected chi connectivity index (χ1v) is 15.1. The highest BCUT2D eigenvalue weighted by molar-refractivity contribution is 7.98. The largest absolute Gasteiger partial charge is 0.379 e. The summed E-state index contributed by atoms with van der Waals surface area (Å²) >= 11 is 1.72. The second-order valence-electron chi connectivity index (χ2n) is 10.3. The van der Waals surface area contributed by atoms with Gasteiger partial charge in [0.05, 0.1) is 24.6 Å². The highest BCUT2D eigenvalue weighted by Gasteiger charge is 2.17. The average Bonchev–Trinajstić information content (AvgIpc) is 3.51. The van der Waals surface area contributed by atoms with Gasteiger partial charge in [-0.15, -0.1) is 0 Å². The smallest absolute Gasteiger partial charge is 0.272 e. The first-order valence-electron chi connectivity index (χ1n) is 13.9. The van der Waals surface area contributed by atoms with E-state index in [1.807, 2.05) is 0 Å². The van der Waals surface area contributed by atoms with Crippen molar-refractivity contribution < 1.29 is 19.1 Å². The van der Waals surface area contributed by atoms with Crippen LogP contribution in [0.2, 0.25) is 0 Å². The van der Waals surface area contributed by atoms with Crippen molar-refractivity contribution >= 4 is 40.9 Å². The van der Waals surface area contributed by atoms with Gasteiger partial charge in [0, 0.05) is 64.0 Å². The van der Waals surface area contributed by atoms with Gasteiger partial charge >= 0.3 is 0 Å². The molecule has 0 unspecified atom stereocenters. The minimum atomic E-state index is -0.329. The quantitative estimate of drug-likeness (QED) is 0.267. The van der Waals surface area contributed by atoms with Gasteiger partial charge < -0.3 is 29.8 Å². The molecular formula is C30H40N6O4S. The molecule has 1 fully saturated rings. The zero-order valence-corrected chi connectivity index (χ0v) is 24.9. The summed E-state index contributed by atoms with van der Waals surface area (Å²) in [6.07, 6.45) is 4.67. The maximum atomic E-state index is 13.0. The van der Waals surface area contributed by atoms with Crippen LogP contribution in [0.15, 0.2) is 48.8 Å². The number of aromatic nitrogens is 2. The molecule has 4 rings (SSSR count). The Morgan fingerprint density at radius 3 is 2.22 bits per heavy atom. The van der Waals surface area contributed by atoms with E-state index in [9.17, 15) is 14.4 Å². The minimum absolute atomic E-state index is 0.0948. The van der Waals surface area contributed by atoms with E-state index in [0.717, 1.165) is 45.0 Å². The zero-order valence-electron chi connectivity index (χ0n) is 24.1. The van der Waals surface area contributed by atoms with Gasteiger partial charge in [0.15, 0.2) is 0 Å². The molecule has 3 heterocycles. The summed E-state index contributed by atoms with van der Waals surface area (Å²) in [6.45, 7) is 6.94. The van der Waals surface area contributed by atoms with Gasteiger partial charge in [0.1, 0.15) is 11.4 Å². The summed E-state index contributed by atoms with van der Waals surface area (Å²) in [5.74, 6) is 0.960. The second-order valence-corrected chi connectivity index (χ2v) is 11.4. The number of hydrogen-bond acceptors (Lipinski definition) is 6. The number of hydrogen-bond donors (Lipinski definition) is 3. The van der Waals surface area contributed by atoms with Crippen LogP contribution >= 0.6 is 11.8 Å². The van der Waals surface area contributed by atoms with E-state index in [2.05, 4.69) is 52.0 Å². The number of carbonyl (C=O) groups excluding carboxylic acids is 3. The number of carbonyl (C=O) groups is 3. The fraction of sp³-hybridized carbons (Fsp3) is 0.433. The predicted octanol–water partition coefficient (Wildman–Crippen LogP) is 3.64. The molecule has 1 saturated heterocycles. The molecule has 0 bridgehead atoms. The normalized spacial score (nSPS) is 13.6. The van der Waals surface area contributed by atoms with E-state index in [-0.39, 0.29) is 17.7 Å². The van der Waals surface area contributed by atoms with Crippen molar-refractivity contribution in [2.75, 3.05) is 55.8 Å². The standard InChI is InChI=1S/C30H40N6O4S/c1-22-5-7-23(8-6-22)21-41-16-9-28(37)32-24-17-27(35(3)19-24)30(39)33-25-18-26(34(2)20-25)29(38)31-10-4-11-36-12-14-40-15-13-36/h5-8,17-20H,4,9-16,21H2,1-3H3,(H,31,38)(H,32,37)(H,33,39). The average molecular weight is 581 g/mol. The SMILES string of the molecule is Cc1ccc(CSCCC(=O)Nc2cc(C(=O)Nc3cc(C(=O)NCCCN4CCOCC4)n(C)c3)n(C)c2)cc1. The van der Waals surface area contributed by atoms with Gasteiger partial charge in [-0.2, -0.15) is 11.8 Å². The van der Waals surface area contributed by atoms with Crippen LogP contribution < -0.4 is 16.0 Å². The van der Waals surface area contributed by atoms with Crippen molar-refractivity contribution in [1.82, 2.24) is 19.4 Å². The maximum Gasteiger partial charge on any atom is 0.272 e. The summed E-state index contributed by atoms with van der Waals surface area (Å²) in [5.41, 5.74) is 4.42. The Balaban J connectivity index is 1.21. The molecule has 41 heavy (non-hydrogen) atoms. The first-order chi connectivity index (χ1) is 19.8. The Kier molecular flexibility index (Phi) is 11.1. The van der Waals surface area contributed by atoms with Gasteiger partial charge in [-0.3, -0.25) is 19.3 Å². The number of amides is 3. The number of nitrogens with zero attached hydrogens (tertiary/aromatic N) is 3. The Labute approximate surface area is 245 Å². The number of nitrogens with one attached hydrogen (secondary N) is 3. The summed E-state index contributed by atoms with van der Waals surface area (Å²) in [4.78, 5) is 40.5. The summed E-state index contributed by atoms with van der Waals surface area (Å²) in [5, 5.41) is 8.70. The minimum Gasteiger partial charge on any atom is -0.379 e. The van der Waals surface area contributed by atoms with Crippen molar-refractivity contribution in [2.45, 2.75) is 25.5 Å². The van der Waals surface area contributed by atoms with E-state index in [1.54, 1.807) is 59.5 Å². The molecule has 0 saturated carbocycles. The molecule has 2 aromatic heterocycles. The topological polar surface area (TPSA) is 110 Å². The molecule has 3 amide bonds. The first kappa shape index (κ1) is 30.4. The van der Waals surface area contributed by atoms with Gasteiger partial charge in [0.2, 0.25) is 5.91 Å². The monoisotopic (exact) mass is 580 g/mol. The van der Waals surface area contributed by atoms with E-state index < -0.39 is 0 Å². The van der Waals surface area contributed by atoms with Crippen molar-refractivity contribution in [3.8, 4) is 0 Å². The van der Waals surface area contributed by atoms with E-state index in [1.165, 1.54) is 11.1 Å². The third-order valence-corrected chi connectivity index (χ3v) is 7.95. The Bertz CT molecular complexity index is 1330. The van der Waals surface area contributed by atoms with Crippen LogP contribution in [0.25, 0.3) is 0 Å². The fourth-order valence-electron chi connectivity index (χ4n) is 4.59. The van der Waals surface area contributed by atoms with E-state index in [4.69, 9.17) is 4.74 Å². The van der Waals surface area contributed by atoms with Gasteiger partial charge in [-0.1, -0.05) is 29.8 Å². The Morgan fingerprint density at radius 2 is 1.54 bits per heavy atom. The highest BCUT2D eigenvalue weighted by Crippen LogP contribution is 2.19. The lowest BCUT2D eigenvalue weighted by Crippen LogP contribution is -2.38. The lowest BCUT2D eigenvalue weighted by atomic mass is 10.2. The predicted molar refractivity (Wildman–Crippen MR) is 164 cm³/mol. The third-order valence-electron chi connectivity index (χ3n) is 6.92. The summed E-state index contributed by atoms with van der Waals surface area (Å²) < 4.78 is 8.73. The van der Waals surface area contributed by atoms with Crippen LogP contribution in [-0.2, 0) is 29.4 Å². The molecule has 1 aromatic carbocycles. The van der Waals surface area contributed by atoms with Crippen molar-refractivity contribution in [2.24, 2.45) is 14.1 Å². The maximum absolute atomic E-state index is 13.0. The molecule has 3 aromatic rings. The van der Waals surface area contributed by atoms with Gasteiger partial charge in [0.25, 0.3) is 11.8 Å². The highest BCUT2D eigenvalue weighted by atomic mass is 32.2. The number of aryl methyl sites for hydroxylation is 3. The van der Waals surface area contributed by atoms with Crippen molar-refractivity contribution in [3.05, 3.63) is 71.3 Å². The molecule has 11 heteroatoms. The number of anilines is 2. The second kappa shape index (κ2) is 14.9. The molecule has 0 atom stereocenters. The fourth-order valence-corrected chi connectivity index (χ4v) is 5.50. The van der Waals surface area contributed by atoms with E-state index >= 15 is 0 Å². The molecule has 0 radical (unpaired) electrons. The van der Waals surface area contributed by atoms with Crippen LogP contribution in [0, 0.1) is 6.92 Å². The summed E-state index contributed by atoms with van der Waals surface area (Å²) in [6, 6.07) is 11.7. The number of ether oxygens (including phenoxy) is 1. The van der Waals surface area contributed by atoms with Crippen LogP contribution in [0.4, 0.5) is 11.4 Å². The lowest BCUT2D eigenvalue weighted by Gasteiger charge is -2.26. The molecule has 3 N–H and O–H groups in total. The van der Waals surface area contributed by atoms with Crippen LogP contribution in [0.5, 0.6) is 0 Å². The molecular weight excluding hydrogens is 540 g/mol. The van der Waals surface area contributed by atoms with Crippen molar-refractivity contribution in [1.29, 1.82) is 0 Å². The van der Waals surface area contributed by atoms with E-state index in [0.29, 0.717) is 41.5 Å². The molecule has 1 aliphatic heterocycles. The Morgan fingerprint density at radius 1 is 0.902 bits per heavy atom.